The first-order valence-electron chi connectivity index (χ1n) is 8.71. The van der Waals surface area contributed by atoms with Crippen molar-refractivity contribution in [1.29, 1.82) is 0 Å². The summed E-state index contributed by atoms with van der Waals surface area (Å²) in [6, 6.07) is 5.96. The Morgan fingerprint density at radius 2 is 1.84 bits per heavy atom. The molecule has 1 aromatic carbocycles. The van der Waals surface area contributed by atoms with E-state index in [1.54, 1.807) is 12.1 Å². The number of amides is 2. The zero-order chi connectivity index (χ0) is 17.6. The number of likely N-dealkylation sites (tertiary alicyclic amines) is 1. The lowest BCUT2D eigenvalue weighted by atomic mass is 9.89. The molecule has 1 saturated heterocycles. The number of halogens is 1. The van der Waals surface area contributed by atoms with Crippen molar-refractivity contribution >= 4 is 22.7 Å². The van der Waals surface area contributed by atoms with Crippen LogP contribution in [-0.4, -0.2) is 34.8 Å². The van der Waals surface area contributed by atoms with E-state index in [0.29, 0.717) is 35.2 Å². The molecule has 2 aliphatic rings. The van der Waals surface area contributed by atoms with Gasteiger partial charge in [0.25, 0.3) is 5.91 Å². The molecule has 1 aliphatic heterocycles. The third-order valence-electron chi connectivity index (χ3n) is 5.19. The quantitative estimate of drug-likeness (QED) is 0.932. The van der Waals surface area contributed by atoms with E-state index in [0.717, 1.165) is 25.7 Å². The van der Waals surface area contributed by atoms with Crippen LogP contribution in [0.5, 0.6) is 0 Å². The van der Waals surface area contributed by atoms with Crippen molar-refractivity contribution in [1.82, 2.24) is 9.88 Å². The summed E-state index contributed by atoms with van der Waals surface area (Å²) in [7, 11) is 0. The lowest BCUT2D eigenvalue weighted by molar-refractivity contribution is -0.133. The molecule has 0 bridgehead atoms. The SMILES string of the molecule is NC(=O)c1cc2cc(F)ccc2nc1C1CCN(C(=O)C2CC2)CC1. The standard InChI is InChI=1S/C19H20FN3O2/c20-14-3-4-16-13(9-14)10-15(18(21)24)17(22-16)11-5-7-23(8-6-11)19(25)12-1-2-12/h3-4,9-12H,1-2,5-8H2,(H2,21,24). The number of pyridine rings is 1. The summed E-state index contributed by atoms with van der Waals surface area (Å²) in [5.41, 5.74) is 7.21. The van der Waals surface area contributed by atoms with Gasteiger partial charge in [-0.15, -0.1) is 0 Å². The van der Waals surface area contributed by atoms with Crippen molar-refractivity contribution in [2.24, 2.45) is 11.7 Å². The molecule has 2 amide bonds. The van der Waals surface area contributed by atoms with Crippen LogP contribution in [0.2, 0.25) is 0 Å². The van der Waals surface area contributed by atoms with Gasteiger partial charge in [0, 0.05) is 30.3 Å². The summed E-state index contributed by atoms with van der Waals surface area (Å²) >= 11 is 0. The van der Waals surface area contributed by atoms with Crippen molar-refractivity contribution in [3.63, 3.8) is 0 Å². The number of nitrogens with two attached hydrogens (primary N) is 1. The first kappa shape index (κ1) is 16.0. The minimum atomic E-state index is -0.551. The van der Waals surface area contributed by atoms with Crippen LogP contribution in [0.15, 0.2) is 24.3 Å². The molecule has 0 radical (unpaired) electrons. The number of fused-ring (bicyclic) bond motifs is 1. The van der Waals surface area contributed by atoms with Gasteiger partial charge in [0.2, 0.25) is 5.91 Å². The van der Waals surface area contributed by atoms with Gasteiger partial charge >= 0.3 is 0 Å². The minimum Gasteiger partial charge on any atom is -0.366 e. The van der Waals surface area contributed by atoms with Gasteiger partial charge in [0.05, 0.1) is 16.8 Å². The molecule has 0 unspecified atom stereocenters. The van der Waals surface area contributed by atoms with E-state index in [1.165, 1.54) is 12.1 Å². The van der Waals surface area contributed by atoms with E-state index in [2.05, 4.69) is 4.98 Å². The Kier molecular flexibility index (Phi) is 3.90. The van der Waals surface area contributed by atoms with Crippen LogP contribution in [0, 0.1) is 11.7 Å². The van der Waals surface area contributed by atoms with Gasteiger partial charge in [-0.05, 0) is 49.9 Å². The van der Waals surface area contributed by atoms with Crippen molar-refractivity contribution in [2.75, 3.05) is 13.1 Å². The average Bonchev–Trinajstić information content (AvgIpc) is 3.45. The number of benzene rings is 1. The first-order valence-corrected chi connectivity index (χ1v) is 8.71. The molecular weight excluding hydrogens is 321 g/mol. The Labute approximate surface area is 145 Å². The molecular formula is C19H20FN3O2. The molecule has 1 saturated carbocycles. The fourth-order valence-corrected chi connectivity index (χ4v) is 3.63. The average molecular weight is 341 g/mol. The van der Waals surface area contributed by atoms with Gasteiger partial charge in [0.1, 0.15) is 5.82 Å². The smallest absolute Gasteiger partial charge is 0.250 e. The molecule has 1 aliphatic carbocycles. The predicted molar refractivity (Wildman–Crippen MR) is 91.5 cm³/mol. The van der Waals surface area contributed by atoms with Gasteiger partial charge < -0.3 is 10.6 Å². The Hall–Kier alpha value is -2.50. The Morgan fingerprint density at radius 1 is 1.12 bits per heavy atom. The van der Waals surface area contributed by atoms with Crippen LogP contribution >= 0.6 is 0 Å². The lowest BCUT2D eigenvalue weighted by Gasteiger charge is -2.32. The summed E-state index contributed by atoms with van der Waals surface area (Å²) in [4.78, 5) is 30.6. The van der Waals surface area contributed by atoms with Gasteiger partial charge in [-0.3, -0.25) is 14.6 Å². The number of hydrogen-bond donors (Lipinski definition) is 1. The van der Waals surface area contributed by atoms with Crippen molar-refractivity contribution < 1.29 is 14.0 Å². The summed E-state index contributed by atoms with van der Waals surface area (Å²) in [5, 5.41) is 0.568. The van der Waals surface area contributed by atoms with E-state index in [1.807, 2.05) is 4.90 Å². The van der Waals surface area contributed by atoms with Crippen molar-refractivity contribution in [3.05, 3.63) is 41.3 Å². The summed E-state index contributed by atoms with van der Waals surface area (Å²) < 4.78 is 13.4. The zero-order valence-corrected chi connectivity index (χ0v) is 13.9. The highest BCUT2D eigenvalue weighted by Gasteiger charge is 2.35. The molecule has 0 atom stereocenters. The summed E-state index contributed by atoms with van der Waals surface area (Å²) in [5.74, 6) is -0.350. The fraction of sp³-hybridized carbons (Fsp3) is 0.421. The number of nitrogens with zero attached hydrogens (tertiary/aromatic N) is 2. The second kappa shape index (κ2) is 6.10. The second-order valence-corrected chi connectivity index (χ2v) is 7.00. The summed E-state index contributed by atoms with van der Waals surface area (Å²) in [6.07, 6.45) is 3.54. The van der Waals surface area contributed by atoms with Gasteiger partial charge in [-0.2, -0.15) is 0 Å². The number of aromatic nitrogens is 1. The molecule has 2 aromatic rings. The number of piperidine rings is 1. The second-order valence-electron chi connectivity index (χ2n) is 7.00. The van der Waals surface area contributed by atoms with Crippen molar-refractivity contribution in [3.8, 4) is 0 Å². The fourth-order valence-electron chi connectivity index (χ4n) is 3.63. The number of rotatable bonds is 3. The number of carbonyl (C=O) groups excluding carboxylic acids is 2. The number of primary amides is 1. The Bertz CT molecular complexity index is 855. The monoisotopic (exact) mass is 341 g/mol. The normalized spacial score (nSPS) is 18.5. The van der Waals surface area contributed by atoms with E-state index < -0.39 is 5.91 Å². The molecule has 2 N–H and O–H groups in total. The number of carbonyl (C=O) groups is 2. The molecule has 4 rings (SSSR count). The highest BCUT2D eigenvalue weighted by molar-refractivity contribution is 5.97. The van der Waals surface area contributed by atoms with Crippen LogP contribution in [-0.2, 0) is 4.79 Å². The predicted octanol–water partition coefficient (Wildman–Crippen LogP) is 2.59. The van der Waals surface area contributed by atoms with E-state index in [9.17, 15) is 14.0 Å². The molecule has 5 nitrogen and oxygen atoms in total. The van der Waals surface area contributed by atoms with Crippen LogP contribution in [0.25, 0.3) is 10.9 Å². The third-order valence-corrected chi connectivity index (χ3v) is 5.19. The largest absolute Gasteiger partial charge is 0.366 e. The van der Waals surface area contributed by atoms with Gasteiger partial charge in [0.15, 0.2) is 0 Å². The maximum Gasteiger partial charge on any atom is 0.250 e. The molecule has 130 valence electrons. The summed E-state index contributed by atoms with van der Waals surface area (Å²) in [6.45, 7) is 1.36. The van der Waals surface area contributed by atoms with Crippen LogP contribution in [0.3, 0.4) is 0 Å². The van der Waals surface area contributed by atoms with Gasteiger partial charge in [-0.25, -0.2) is 4.39 Å². The van der Waals surface area contributed by atoms with Crippen molar-refractivity contribution in [2.45, 2.75) is 31.6 Å². The lowest BCUT2D eigenvalue weighted by Crippen LogP contribution is -2.39. The molecule has 6 heteroatoms. The molecule has 25 heavy (non-hydrogen) atoms. The highest BCUT2D eigenvalue weighted by Crippen LogP contribution is 2.35. The minimum absolute atomic E-state index is 0.0835. The first-order chi connectivity index (χ1) is 12.0. The maximum atomic E-state index is 13.4. The van der Waals surface area contributed by atoms with Crippen LogP contribution in [0.4, 0.5) is 4.39 Å². The van der Waals surface area contributed by atoms with E-state index in [4.69, 9.17) is 5.73 Å². The Morgan fingerprint density at radius 3 is 2.48 bits per heavy atom. The maximum absolute atomic E-state index is 13.4. The highest BCUT2D eigenvalue weighted by atomic mass is 19.1. The molecule has 2 fully saturated rings. The van der Waals surface area contributed by atoms with Crippen LogP contribution < -0.4 is 5.73 Å². The zero-order valence-electron chi connectivity index (χ0n) is 13.9. The van der Waals surface area contributed by atoms with E-state index in [-0.39, 0.29) is 23.6 Å². The topological polar surface area (TPSA) is 76.3 Å². The van der Waals surface area contributed by atoms with Gasteiger partial charge in [-0.1, -0.05) is 0 Å². The van der Waals surface area contributed by atoms with E-state index >= 15 is 0 Å². The third kappa shape index (κ3) is 3.08. The molecule has 0 spiro atoms. The number of hydrogen-bond acceptors (Lipinski definition) is 3. The van der Waals surface area contributed by atoms with Crippen LogP contribution in [0.1, 0.15) is 47.7 Å². The molecule has 1 aromatic heterocycles. The molecule has 2 heterocycles. The Balaban J connectivity index is 1.62.